The molecular weight excluding hydrogens is 294 g/mol. The number of hydrogen-bond donors (Lipinski definition) is 2. The summed E-state index contributed by atoms with van der Waals surface area (Å²) < 4.78 is 0. The Kier molecular flexibility index (Phi) is 6.20. The van der Waals surface area contributed by atoms with E-state index in [-0.39, 0.29) is 17.9 Å². The predicted molar refractivity (Wildman–Crippen MR) is 83.2 cm³/mol. The minimum absolute atomic E-state index is 0.0607. The monoisotopic (exact) mass is 313 g/mol. The summed E-state index contributed by atoms with van der Waals surface area (Å²) in [4.78, 5) is 12.8. The van der Waals surface area contributed by atoms with Crippen molar-refractivity contribution in [2.24, 2.45) is 5.92 Å². The zero-order valence-electron chi connectivity index (χ0n) is 11.3. The van der Waals surface area contributed by atoms with E-state index in [1.807, 2.05) is 24.3 Å². The average Bonchev–Trinajstić information content (AvgIpc) is 2.84. The fraction of sp³-hybridized carbons (Fsp3) is 0.533. The van der Waals surface area contributed by atoms with Gasteiger partial charge in [-0.15, -0.1) is 11.8 Å². The molecule has 1 aliphatic carbocycles. The van der Waals surface area contributed by atoms with E-state index in [1.54, 1.807) is 11.8 Å². The third-order valence-electron chi connectivity index (χ3n) is 3.59. The van der Waals surface area contributed by atoms with Crippen molar-refractivity contribution in [2.45, 2.75) is 36.7 Å². The lowest BCUT2D eigenvalue weighted by Gasteiger charge is -2.14. The third-order valence-corrected chi connectivity index (χ3v) is 4.86. The van der Waals surface area contributed by atoms with Crippen LogP contribution in [0.1, 0.15) is 25.7 Å². The van der Waals surface area contributed by atoms with Crippen molar-refractivity contribution in [3.63, 3.8) is 0 Å². The minimum Gasteiger partial charge on any atom is -0.393 e. The number of thioether (sulfide) groups is 1. The zero-order chi connectivity index (χ0) is 14.4. The molecule has 1 aromatic carbocycles. The second kappa shape index (κ2) is 7.91. The summed E-state index contributed by atoms with van der Waals surface area (Å²) >= 11 is 7.46. The van der Waals surface area contributed by atoms with Gasteiger partial charge in [-0.05, 0) is 37.1 Å². The van der Waals surface area contributed by atoms with Gasteiger partial charge in [-0.25, -0.2) is 0 Å². The lowest BCUT2D eigenvalue weighted by atomic mass is 10.1. The maximum Gasteiger partial charge on any atom is 0.220 e. The number of aliphatic hydroxyl groups is 1. The van der Waals surface area contributed by atoms with E-state index in [2.05, 4.69) is 5.32 Å². The SMILES string of the molecule is O=C(CCSc1ccc(Cl)cc1)NCC1CCCC1O. The number of amides is 1. The van der Waals surface area contributed by atoms with Crippen LogP contribution in [0.15, 0.2) is 29.2 Å². The Morgan fingerprint density at radius 2 is 2.10 bits per heavy atom. The molecule has 0 heterocycles. The molecular formula is C15H20ClNO2S. The van der Waals surface area contributed by atoms with Crippen molar-refractivity contribution in [1.82, 2.24) is 5.32 Å². The molecule has 0 spiro atoms. The highest BCUT2D eigenvalue weighted by Gasteiger charge is 2.25. The van der Waals surface area contributed by atoms with Gasteiger partial charge in [-0.1, -0.05) is 18.0 Å². The molecule has 0 aliphatic heterocycles. The molecule has 1 amide bonds. The Balaban J connectivity index is 1.61. The van der Waals surface area contributed by atoms with Crippen molar-refractivity contribution in [3.05, 3.63) is 29.3 Å². The molecule has 1 fully saturated rings. The highest BCUT2D eigenvalue weighted by molar-refractivity contribution is 7.99. The number of nitrogens with one attached hydrogen (secondary N) is 1. The summed E-state index contributed by atoms with van der Waals surface area (Å²) in [5, 5.41) is 13.3. The summed E-state index contributed by atoms with van der Waals surface area (Å²) in [6.45, 7) is 0.603. The first-order chi connectivity index (χ1) is 9.65. The van der Waals surface area contributed by atoms with E-state index >= 15 is 0 Å². The van der Waals surface area contributed by atoms with Crippen LogP contribution in [-0.2, 0) is 4.79 Å². The molecule has 1 aromatic rings. The van der Waals surface area contributed by atoms with Crippen molar-refractivity contribution in [2.75, 3.05) is 12.3 Å². The maximum atomic E-state index is 11.7. The van der Waals surface area contributed by atoms with Crippen molar-refractivity contribution >= 4 is 29.3 Å². The first-order valence-corrected chi connectivity index (χ1v) is 8.34. The summed E-state index contributed by atoms with van der Waals surface area (Å²) in [5.41, 5.74) is 0. The van der Waals surface area contributed by atoms with Crippen LogP contribution >= 0.6 is 23.4 Å². The van der Waals surface area contributed by atoms with Gasteiger partial charge in [0.15, 0.2) is 0 Å². The molecule has 1 aliphatic rings. The van der Waals surface area contributed by atoms with E-state index in [0.717, 1.165) is 34.9 Å². The van der Waals surface area contributed by atoms with Crippen molar-refractivity contribution < 1.29 is 9.90 Å². The van der Waals surface area contributed by atoms with Gasteiger partial charge in [0, 0.05) is 34.6 Å². The van der Waals surface area contributed by atoms with Crippen LogP contribution in [0.3, 0.4) is 0 Å². The number of aliphatic hydroxyl groups excluding tert-OH is 1. The van der Waals surface area contributed by atoms with Crippen molar-refractivity contribution in [1.29, 1.82) is 0 Å². The lowest BCUT2D eigenvalue weighted by Crippen LogP contribution is -2.32. The Hall–Kier alpha value is -0.710. The van der Waals surface area contributed by atoms with Crippen LogP contribution in [0.2, 0.25) is 5.02 Å². The van der Waals surface area contributed by atoms with E-state index < -0.39 is 0 Å². The topological polar surface area (TPSA) is 49.3 Å². The highest BCUT2D eigenvalue weighted by Crippen LogP contribution is 2.24. The number of carbonyl (C=O) groups excluding carboxylic acids is 1. The normalized spacial score (nSPS) is 21.9. The fourth-order valence-electron chi connectivity index (χ4n) is 2.38. The highest BCUT2D eigenvalue weighted by atomic mass is 35.5. The second-order valence-electron chi connectivity index (χ2n) is 5.11. The van der Waals surface area contributed by atoms with Gasteiger partial charge < -0.3 is 10.4 Å². The largest absolute Gasteiger partial charge is 0.393 e. The molecule has 2 N–H and O–H groups in total. The van der Waals surface area contributed by atoms with Gasteiger partial charge in [0.05, 0.1) is 6.10 Å². The Morgan fingerprint density at radius 1 is 1.35 bits per heavy atom. The number of benzene rings is 1. The van der Waals surface area contributed by atoms with Crippen LogP contribution in [0, 0.1) is 5.92 Å². The molecule has 0 bridgehead atoms. The molecule has 20 heavy (non-hydrogen) atoms. The van der Waals surface area contributed by atoms with E-state index in [1.165, 1.54) is 0 Å². The Bertz CT molecular complexity index is 438. The number of carbonyl (C=O) groups is 1. The van der Waals surface area contributed by atoms with Crippen LogP contribution in [0.25, 0.3) is 0 Å². The average molecular weight is 314 g/mol. The molecule has 2 unspecified atom stereocenters. The maximum absolute atomic E-state index is 11.7. The smallest absolute Gasteiger partial charge is 0.220 e. The summed E-state index contributed by atoms with van der Waals surface area (Å²) in [5.74, 6) is 1.05. The van der Waals surface area contributed by atoms with Crippen molar-refractivity contribution in [3.8, 4) is 0 Å². The van der Waals surface area contributed by atoms with Crippen LogP contribution in [0.4, 0.5) is 0 Å². The molecule has 1 saturated carbocycles. The van der Waals surface area contributed by atoms with Gasteiger partial charge in [0.2, 0.25) is 5.91 Å². The second-order valence-corrected chi connectivity index (χ2v) is 6.72. The molecule has 2 rings (SSSR count). The van der Waals surface area contributed by atoms with Gasteiger partial charge in [0.25, 0.3) is 0 Å². The number of rotatable bonds is 6. The quantitative estimate of drug-likeness (QED) is 0.793. The molecule has 0 saturated heterocycles. The van der Waals surface area contributed by atoms with E-state index in [9.17, 15) is 9.90 Å². The van der Waals surface area contributed by atoms with Crippen LogP contribution in [-0.4, -0.2) is 29.4 Å². The van der Waals surface area contributed by atoms with E-state index in [4.69, 9.17) is 11.6 Å². The Labute approximate surface area is 129 Å². The van der Waals surface area contributed by atoms with E-state index in [0.29, 0.717) is 13.0 Å². The molecule has 0 radical (unpaired) electrons. The minimum atomic E-state index is -0.237. The molecule has 5 heteroatoms. The summed E-state index contributed by atoms with van der Waals surface area (Å²) in [6, 6.07) is 7.62. The first-order valence-electron chi connectivity index (χ1n) is 6.98. The molecule has 2 atom stereocenters. The number of halogens is 1. The molecule has 110 valence electrons. The Morgan fingerprint density at radius 3 is 2.75 bits per heavy atom. The van der Waals surface area contributed by atoms with Crippen LogP contribution in [0.5, 0.6) is 0 Å². The van der Waals surface area contributed by atoms with Gasteiger partial charge in [-0.3, -0.25) is 4.79 Å². The summed E-state index contributed by atoms with van der Waals surface area (Å²) in [6.07, 6.45) is 3.21. The lowest BCUT2D eigenvalue weighted by molar-refractivity contribution is -0.120. The predicted octanol–water partition coefficient (Wildman–Crippen LogP) is 3.10. The zero-order valence-corrected chi connectivity index (χ0v) is 12.9. The number of hydrogen-bond acceptors (Lipinski definition) is 3. The first kappa shape index (κ1) is 15.7. The molecule has 3 nitrogen and oxygen atoms in total. The van der Waals surface area contributed by atoms with Gasteiger partial charge in [0.1, 0.15) is 0 Å². The summed E-state index contributed by atoms with van der Waals surface area (Å²) in [7, 11) is 0. The molecule has 0 aromatic heterocycles. The van der Waals surface area contributed by atoms with Gasteiger partial charge in [-0.2, -0.15) is 0 Å². The third kappa shape index (κ3) is 5.00. The van der Waals surface area contributed by atoms with Crippen LogP contribution < -0.4 is 5.32 Å². The standard InChI is InChI=1S/C15H20ClNO2S/c16-12-4-6-13(7-5-12)20-9-8-15(19)17-10-11-2-1-3-14(11)18/h4-7,11,14,18H,1-3,8-10H2,(H,17,19). The fourth-order valence-corrected chi connectivity index (χ4v) is 3.36. The van der Waals surface area contributed by atoms with Gasteiger partial charge >= 0.3 is 0 Å².